The molecule has 0 fully saturated rings. The SMILES string of the molecule is CCC(F)(C=O)C(=O)Oc1ccncc1. The molecule has 0 spiro atoms. The van der Waals surface area contributed by atoms with Crippen LogP contribution in [0.4, 0.5) is 4.39 Å². The van der Waals surface area contributed by atoms with E-state index in [0.717, 1.165) is 0 Å². The van der Waals surface area contributed by atoms with E-state index >= 15 is 0 Å². The normalized spacial score (nSPS) is 14.0. The molecule has 0 aliphatic carbocycles. The minimum atomic E-state index is -2.57. The number of esters is 1. The van der Waals surface area contributed by atoms with Crippen molar-refractivity contribution >= 4 is 12.3 Å². The summed E-state index contributed by atoms with van der Waals surface area (Å²) in [6.07, 6.45) is 2.50. The number of hydrogen-bond acceptors (Lipinski definition) is 4. The highest BCUT2D eigenvalue weighted by Gasteiger charge is 2.38. The number of rotatable bonds is 4. The van der Waals surface area contributed by atoms with Crippen molar-refractivity contribution in [2.45, 2.75) is 19.0 Å². The second-order valence-corrected chi connectivity index (χ2v) is 2.91. The summed E-state index contributed by atoms with van der Waals surface area (Å²) in [7, 11) is 0. The van der Waals surface area contributed by atoms with E-state index in [1.807, 2.05) is 0 Å². The van der Waals surface area contributed by atoms with Crippen molar-refractivity contribution in [3.8, 4) is 5.75 Å². The smallest absolute Gasteiger partial charge is 0.356 e. The van der Waals surface area contributed by atoms with Crippen LogP contribution in [0.25, 0.3) is 0 Å². The summed E-state index contributed by atoms with van der Waals surface area (Å²) in [5, 5.41) is 0. The zero-order valence-corrected chi connectivity index (χ0v) is 8.14. The maximum Gasteiger partial charge on any atom is 0.356 e. The first-order valence-corrected chi connectivity index (χ1v) is 4.40. The Labute approximate surface area is 86.1 Å². The highest BCUT2D eigenvalue weighted by molar-refractivity contribution is 5.97. The van der Waals surface area contributed by atoms with Crippen molar-refractivity contribution < 1.29 is 18.7 Å². The number of alkyl halides is 1. The molecule has 0 saturated heterocycles. The Balaban J connectivity index is 2.75. The third kappa shape index (κ3) is 2.59. The van der Waals surface area contributed by atoms with Crippen LogP contribution in [-0.4, -0.2) is 22.9 Å². The Bertz CT molecular complexity index is 355. The number of carbonyl (C=O) groups excluding carboxylic acids is 2. The topological polar surface area (TPSA) is 56.3 Å². The number of halogens is 1. The lowest BCUT2D eigenvalue weighted by molar-refractivity contribution is -0.150. The van der Waals surface area contributed by atoms with Crippen LogP contribution >= 0.6 is 0 Å². The van der Waals surface area contributed by atoms with E-state index in [9.17, 15) is 14.0 Å². The number of nitrogens with zero attached hydrogens (tertiary/aromatic N) is 1. The third-order valence-electron chi connectivity index (χ3n) is 1.90. The van der Waals surface area contributed by atoms with Crippen LogP contribution < -0.4 is 4.74 Å². The highest BCUT2D eigenvalue weighted by atomic mass is 19.1. The maximum absolute atomic E-state index is 13.5. The maximum atomic E-state index is 13.5. The van der Waals surface area contributed by atoms with E-state index in [2.05, 4.69) is 9.72 Å². The largest absolute Gasteiger partial charge is 0.424 e. The highest BCUT2D eigenvalue weighted by Crippen LogP contribution is 2.17. The molecule has 4 nitrogen and oxygen atoms in total. The monoisotopic (exact) mass is 211 g/mol. The lowest BCUT2D eigenvalue weighted by Crippen LogP contribution is -2.38. The molecular formula is C10H10FNO3. The molecule has 1 aromatic rings. The molecule has 15 heavy (non-hydrogen) atoms. The Morgan fingerprint density at radius 3 is 2.67 bits per heavy atom. The fraction of sp³-hybridized carbons (Fsp3) is 0.300. The van der Waals surface area contributed by atoms with Gasteiger partial charge in [0.25, 0.3) is 5.67 Å². The van der Waals surface area contributed by atoms with Crippen molar-refractivity contribution in [2.75, 3.05) is 0 Å². The fourth-order valence-corrected chi connectivity index (χ4v) is 0.874. The zero-order chi connectivity index (χ0) is 11.3. The molecule has 80 valence electrons. The lowest BCUT2D eigenvalue weighted by atomic mass is 10.1. The molecule has 1 heterocycles. The molecule has 1 aromatic heterocycles. The number of hydrogen-bond donors (Lipinski definition) is 0. The molecule has 0 amide bonds. The molecule has 0 aromatic carbocycles. The van der Waals surface area contributed by atoms with E-state index in [0.29, 0.717) is 0 Å². The molecule has 0 saturated carbocycles. The Hall–Kier alpha value is -1.78. The average Bonchev–Trinajstić information content (AvgIpc) is 2.29. The summed E-state index contributed by atoms with van der Waals surface area (Å²) in [6, 6.07) is 2.80. The van der Waals surface area contributed by atoms with Crippen LogP contribution in [0.1, 0.15) is 13.3 Å². The minimum Gasteiger partial charge on any atom is -0.424 e. The standard InChI is InChI=1S/C10H10FNO3/c1-2-10(11,7-13)9(14)15-8-3-5-12-6-4-8/h3-7H,2H2,1H3. The summed E-state index contributed by atoms with van der Waals surface area (Å²) in [4.78, 5) is 25.3. The Kier molecular flexibility index (Phi) is 3.49. The molecule has 5 heteroatoms. The fourth-order valence-electron chi connectivity index (χ4n) is 0.874. The summed E-state index contributed by atoms with van der Waals surface area (Å²) >= 11 is 0. The van der Waals surface area contributed by atoms with Crippen molar-refractivity contribution in [3.05, 3.63) is 24.5 Å². The molecule has 0 radical (unpaired) electrons. The van der Waals surface area contributed by atoms with Crippen LogP contribution in [-0.2, 0) is 9.59 Å². The lowest BCUT2D eigenvalue weighted by Gasteiger charge is -2.14. The molecule has 0 aliphatic rings. The number of pyridine rings is 1. The number of ether oxygens (including phenoxy) is 1. The molecule has 1 atom stereocenters. The van der Waals surface area contributed by atoms with Gasteiger partial charge in [0.1, 0.15) is 5.75 Å². The van der Waals surface area contributed by atoms with Gasteiger partial charge in [0.05, 0.1) is 0 Å². The van der Waals surface area contributed by atoms with Crippen molar-refractivity contribution in [1.29, 1.82) is 0 Å². The van der Waals surface area contributed by atoms with E-state index < -0.39 is 11.6 Å². The van der Waals surface area contributed by atoms with Gasteiger partial charge in [-0.3, -0.25) is 9.78 Å². The van der Waals surface area contributed by atoms with Crippen LogP contribution in [0.2, 0.25) is 0 Å². The summed E-state index contributed by atoms with van der Waals surface area (Å²) in [6.45, 7) is 1.39. The van der Waals surface area contributed by atoms with Gasteiger partial charge in [-0.25, -0.2) is 9.18 Å². The molecular weight excluding hydrogens is 201 g/mol. The molecule has 1 rings (SSSR count). The number of carbonyl (C=O) groups is 2. The summed E-state index contributed by atoms with van der Waals surface area (Å²) in [5.74, 6) is -1.04. The van der Waals surface area contributed by atoms with Gasteiger partial charge in [0.15, 0.2) is 6.29 Å². The van der Waals surface area contributed by atoms with Gasteiger partial charge in [0, 0.05) is 12.4 Å². The molecule has 0 aliphatic heterocycles. The van der Waals surface area contributed by atoms with E-state index in [1.54, 1.807) is 0 Å². The van der Waals surface area contributed by atoms with Gasteiger partial charge in [0.2, 0.25) is 0 Å². The Morgan fingerprint density at radius 1 is 1.60 bits per heavy atom. The van der Waals surface area contributed by atoms with Gasteiger partial charge < -0.3 is 4.74 Å². The first kappa shape index (κ1) is 11.3. The van der Waals surface area contributed by atoms with E-state index in [4.69, 9.17) is 0 Å². The van der Waals surface area contributed by atoms with Crippen molar-refractivity contribution in [1.82, 2.24) is 4.98 Å². The van der Waals surface area contributed by atoms with Gasteiger partial charge >= 0.3 is 5.97 Å². The number of aromatic nitrogens is 1. The van der Waals surface area contributed by atoms with Gasteiger partial charge in [-0.2, -0.15) is 0 Å². The summed E-state index contributed by atoms with van der Waals surface area (Å²) < 4.78 is 18.1. The van der Waals surface area contributed by atoms with E-state index in [-0.39, 0.29) is 18.5 Å². The predicted octanol–water partition coefficient (Wildman–Crippen LogP) is 1.30. The van der Waals surface area contributed by atoms with Crippen LogP contribution in [0, 0.1) is 0 Å². The molecule has 0 N–H and O–H groups in total. The second-order valence-electron chi connectivity index (χ2n) is 2.91. The molecule has 0 bridgehead atoms. The van der Waals surface area contributed by atoms with Crippen molar-refractivity contribution in [3.63, 3.8) is 0 Å². The summed E-state index contributed by atoms with van der Waals surface area (Å²) in [5.41, 5.74) is -2.57. The average molecular weight is 211 g/mol. The van der Waals surface area contributed by atoms with Gasteiger partial charge in [-0.1, -0.05) is 6.92 Å². The van der Waals surface area contributed by atoms with E-state index in [1.165, 1.54) is 31.5 Å². The Morgan fingerprint density at radius 2 is 2.20 bits per heavy atom. The minimum absolute atomic E-state index is 0.0451. The van der Waals surface area contributed by atoms with Crippen LogP contribution in [0.5, 0.6) is 5.75 Å². The van der Waals surface area contributed by atoms with Crippen LogP contribution in [0.3, 0.4) is 0 Å². The van der Waals surface area contributed by atoms with Crippen molar-refractivity contribution in [2.24, 2.45) is 0 Å². The van der Waals surface area contributed by atoms with Crippen LogP contribution in [0.15, 0.2) is 24.5 Å². The third-order valence-corrected chi connectivity index (χ3v) is 1.90. The first-order valence-electron chi connectivity index (χ1n) is 4.40. The van der Waals surface area contributed by atoms with Gasteiger partial charge in [-0.15, -0.1) is 0 Å². The van der Waals surface area contributed by atoms with Gasteiger partial charge in [-0.05, 0) is 18.6 Å². The zero-order valence-electron chi connectivity index (χ0n) is 8.14. The predicted molar refractivity (Wildman–Crippen MR) is 50.1 cm³/mol. The second kappa shape index (κ2) is 4.63. The first-order chi connectivity index (χ1) is 7.12. The number of aldehydes is 1. The molecule has 1 unspecified atom stereocenters. The quantitative estimate of drug-likeness (QED) is 0.428.